The van der Waals surface area contributed by atoms with E-state index in [0.29, 0.717) is 48.8 Å². The predicted octanol–water partition coefficient (Wildman–Crippen LogP) is 4.59. The lowest BCUT2D eigenvalue weighted by Gasteiger charge is -2.32. The van der Waals surface area contributed by atoms with Crippen LogP contribution < -0.4 is 15.7 Å². The van der Waals surface area contributed by atoms with E-state index in [4.69, 9.17) is 9.57 Å². The summed E-state index contributed by atoms with van der Waals surface area (Å²) in [6, 6.07) is 8.89. The van der Waals surface area contributed by atoms with Crippen LogP contribution in [0.4, 0.5) is 5.95 Å². The lowest BCUT2D eigenvalue weighted by atomic mass is 9.91. The molecule has 1 amide bonds. The molecule has 10 heteroatoms. The Morgan fingerprint density at radius 2 is 1.63 bits per heavy atom. The van der Waals surface area contributed by atoms with Gasteiger partial charge in [0.1, 0.15) is 0 Å². The zero-order valence-corrected chi connectivity index (χ0v) is 25.1. The minimum Gasteiger partial charge on any atom is -0.481 e. The third-order valence-electron chi connectivity index (χ3n) is 7.16. The first-order valence-electron chi connectivity index (χ1n) is 14.8. The summed E-state index contributed by atoms with van der Waals surface area (Å²) in [7, 11) is 0. The fourth-order valence-electron chi connectivity index (χ4n) is 4.78. The second-order valence-electron chi connectivity index (χ2n) is 11.8. The van der Waals surface area contributed by atoms with Crippen molar-refractivity contribution in [2.24, 2.45) is 17.8 Å². The number of aliphatic carboxylic acids is 1. The maximum atomic E-state index is 12.3. The number of nitrogens with one attached hydrogen (secondary N) is 2. The summed E-state index contributed by atoms with van der Waals surface area (Å²) in [4.78, 5) is 40.0. The predicted molar refractivity (Wildman–Crippen MR) is 158 cm³/mol. The molecule has 3 N–H and O–H groups in total. The lowest BCUT2D eigenvalue weighted by molar-refractivity contribution is -0.163. The number of anilines is 1. The van der Waals surface area contributed by atoms with Crippen LogP contribution in [0.5, 0.6) is 0 Å². The molecule has 1 saturated heterocycles. The standard InChI is InChI=1S/C31H47N5O5/c1-21(2)16-26(30(38)39)11-10-24-6-8-25(9-7-24)17-32-28-12-14-36(15-13-28)31-33-18-27(19-34-31)29(37)35-41-23(5)40-20-22(3)4/h6-9,18-19,21-23,26,28,32H,10-17,20H2,1-5H3,(H,35,37)(H,38,39)/t23?,26-/m0/s1. The highest BCUT2D eigenvalue weighted by molar-refractivity contribution is 5.92. The van der Waals surface area contributed by atoms with E-state index >= 15 is 0 Å². The van der Waals surface area contributed by atoms with Crippen molar-refractivity contribution < 1.29 is 24.3 Å². The Bertz CT molecular complexity index is 1070. The van der Waals surface area contributed by atoms with Gasteiger partial charge in [-0.25, -0.2) is 20.3 Å². The molecular formula is C31H47N5O5. The van der Waals surface area contributed by atoms with Gasteiger partial charge in [0, 0.05) is 38.1 Å². The van der Waals surface area contributed by atoms with Gasteiger partial charge in [0.15, 0.2) is 6.29 Å². The molecular weight excluding hydrogens is 522 g/mol. The number of hydrogen-bond donors (Lipinski definition) is 3. The summed E-state index contributed by atoms with van der Waals surface area (Å²) in [6.07, 6.45) is 6.59. The molecule has 1 aromatic carbocycles. The summed E-state index contributed by atoms with van der Waals surface area (Å²) in [5.41, 5.74) is 5.11. The Labute approximate surface area is 244 Å². The molecule has 1 aliphatic heterocycles. The Kier molecular flexibility index (Phi) is 13.0. The molecule has 3 rings (SSSR count). The fourth-order valence-corrected chi connectivity index (χ4v) is 4.78. The number of carbonyl (C=O) groups is 2. The zero-order chi connectivity index (χ0) is 29.8. The number of hydrogen-bond acceptors (Lipinski definition) is 8. The molecule has 2 aromatic rings. The topological polar surface area (TPSA) is 126 Å². The summed E-state index contributed by atoms with van der Waals surface area (Å²) < 4.78 is 5.48. The summed E-state index contributed by atoms with van der Waals surface area (Å²) in [6.45, 7) is 12.9. The van der Waals surface area contributed by atoms with Gasteiger partial charge in [-0.3, -0.25) is 9.59 Å². The molecule has 2 atom stereocenters. The van der Waals surface area contributed by atoms with Crippen molar-refractivity contribution in [1.29, 1.82) is 0 Å². The molecule has 0 bridgehead atoms. The quantitative estimate of drug-likeness (QED) is 0.196. The molecule has 1 fully saturated rings. The average molecular weight is 570 g/mol. The van der Waals surface area contributed by atoms with Gasteiger partial charge in [-0.15, -0.1) is 0 Å². The number of aryl methyl sites for hydroxylation is 1. The Morgan fingerprint density at radius 3 is 2.22 bits per heavy atom. The number of hydroxylamine groups is 1. The van der Waals surface area contributed by atoms with Gasteiger partial charge in [-0.2, -0.15) is 0 Å². The maximum Gasteiger partial charge on any atom is 0.306 e. The van der Waals surface area contributed by atoms with Crippen LogP contribution in [0.1, 0.15) is 81.8 Å². The SMILES string of the molecule is CC(C)COC(C)ONC(=O)c1cnc(N2CCC(NCc3ccc(CC[C@@H](CC(C)C)C(=O)O)cc3)CC2)nc1. The monoisotopic (exact) mass is 569 g/mol. The first kappa shape index (κ1) is 32.4. The summed E-state index contributed by atoms with van der Waals surface area (Å²) in [5.74, 6) is -0.0172. The van der Waals surface area contributed by atoms with Crippen molar-refractivity contribution in [3.05, 3.63) is 53.3 Å². The molecule has 0 spiro atoms. The molecule has 2 heterocycles. The van der Waals surface area contributed by atoms with Crippen LogP contribution in [0.15, 0.2) is 36.7 Å². The highest BCUT2D eigenvalue weighted by Gasteiger charge is 2.22. The summed E-state index contributed by atoms with van der Waals surface area (Å²) in [5, 5.41) is 13.1. The van der Waals surface area contributed by atoms with Crippen molar-refractivity contribution in [1.82, 2.24) is 20.8 Å². The third-order valence-corrected chi connectivity index (χ3v) is 7.16. The van der Waals surface area contributed by atoms with Crippen LogP contribution in [-0.4, -0.2) is 59.0 Å². The van der Waals surface area contributed by atoms with Gasteiger partial charge >= 0.3 is 5.97 Å². The van der Waals surface area contributed by atoms with Gasteiger partial charge < -0.3 is 20.1 Å². The van der Waals surface area contributed by atoms with E-state index in [1.54, 1.807) is 6.92 Å². The summed E-state index contributed by atoms with van der Waals surface area (Å²) >= 11 is 0. The number of amides is 1. The molecule has 1 unspecified atom stereocenters. The molecule has 41 heavy (non-hydrogen) atoms. The van der Waals surface area contributed by atoms with Gasteiger partial charge in [-0.05, 0) is 62.0 Å². The highest BCUT2D eigenvalue weighted by atomic mass is 16.8. The molecule has 1 aliphatic rings. The second kappa shape index (κ2) is 16.4. The number of carboxylic acids is 1. The molecule has 226 valence electrons. The van der Waals surface area contributed by atoms with Crippen LogP contribution in [-0.2, 0) is 27.3 Å². The van der Waals surface area contributed by atoms with Gasteiger partial charge in [0.05, 0.1) is 18.1 Å². The Morgan fingerprint density at radius 1 is 1.00 bits per heavy atom. The van der Waals surface area contributed by atoms with Crippen LogP contribution in [0.25, 0.3) is 0 Å². The van der Waals surface area contributed by atoms with E-state index < -0.39 is 18.2 Å². The van der Waals surface area contributed by atoms with E-state index in [0.717, 1.165) is 38.9 Å². The molecule has 0 radical (unpaired) electrons. The molecule has 1 aromatic heterocycles. The minimum atomic E-state index is -0.694. The van der Waals surface area contributed by atoms with Crippen molar-refractivity contribution >= 4 is 17.8 Å². The average Bonchev–Trinajstić information content (AvgIpc) is 2.96. The van der Waals surface area contributed by atoms with Crippen molar-refractivity contribution in [3.63, 3.8) is 0 Å². The first-order valence-corrected chi connectivity index (χ1v) is 14.8. The van der Waals surface area contributed by atoms with Gasteiger partial charge in [0.2, 0.25) is 5.95 Å². The number of ether oxygens (including phenoxy) is 1. The highest BCUT2D eigenvalue weighted by Crippen LogP contribution is 2.20. The van der Waals surface area contributed by atoms with Crippen molar-refractivity contribution in [2.45, 2.75) is 85.6 Å². The number of benzene rings is 1. The minimum absolute atomic E-state index is 0.284. The molecule has 0 aliphatic carbocycles. The number of carbonyl (C=O) groups excluding carboxylic acids is 1. The van der Waals surface area contributed by atoms with E-state index in [9.17, 15) is 14.7 Å². The maximum absolute atomic E-state index is 12.3. The third kappa shape index (κ3) is 11.4. The number of aromatic nitrogens is 2. The number of rotatable bonds is 16. The normalized spacial score (nSPS) is 15.7. The lowest BCUT2D eigenvalue weighted by Crippen LogP contribution is -2.43. The van der Waals surface area contributed by atoms with E-state index in [1.165, 1.54) is 23.5 Å². The number of nitrogens with zero attached hydrogens (tertiary/aromatic N) is 3. The van der Waals surface area contributed by atoms with E-state index in [2.05, 4.69) is 63.8 Å². The largest absolute Gasteiger partial charge is 0.481 e. The van der Waals surface area contributed by atoms with Crippen LogP contribution >= 0.6 is 0 Å². The zero-order valence-electron chi connectivity index (χ0n) is 25.1. The van der Waals surface area contributed by atoms with Crippen molar-refractivity contribution in [3.8, 4) is 0 Å². The van der Waals surface area contributed by atoms with Gasteiger partial charge in [0.25, 0.3) is 5.91 Å². The first-order chi connectivity index (χ1) is 19.6. The van der Waals surface area contributed by atoms with Crippen LogP contribution in [0.3, 0.4) is 0 Å². The molecule has 10 nitrogen and oxygen atoms in total. The van der Waals surface area contributed by atoms with E-state index in [1.807, 2.05) is 13.8 Å². The smallest absolute Gasteiger partial charge is 0.306 e. The Hall–Kier alpha value is -3.08. The van der Waals surface area contributed by atoms with Crippen molar-refractivity contribution in [2.75, 3.05) is 24.6 Å². The van der Waals surface area contributed by atoms with Crippen LogP contribution in [0, 0.1) is 17.8 Å². The van der Waals surface area contributed by atoms with E-state index in [-0.39, 0.29) is 5.92 Å². The molecule has 0 saturated carbocycles. The Balaban J connectivity index is 1.37. The number of piperidine rings is 1. The van der Waals surface area contributed by atoms with Crippen LogP contribution in [0.2, 0.25) is 0 Å². The fraction of sp³-hybridized carbons (Fsp3) is 0.613. The second-order valence-corrected chi connectivity index (χ2v) is 11.8. The number of carboxylic acid groups (broad SMARTS) is 1. The van der Waals surface area contributed by atoms with Gasteiger partial charge in [-0.1, -0.05) is 52.0 Å².